The number of aliphatic imine (C=N–C) groups is 1. The Labute approximate surface area is 157 Å². The Hall–Kier alpha value is -2.87. The van der Waals surface area contributed by atoms with Gasteiger partial charge >= 0.3 is 6.36 Å². The van der Waals surface area contributed by atoms with Crippen molar-refractivity contribution in [1.29, 1.82) is 0 Å². The summed E-state index contributed by atoms with van der Waals surface area (Å²) in [5.41, 5.74) is 2.86. The quantitative estimate of drug-likeness (QED) is 0.646. The number of fused-ring (bicyclic) bond motifs is 3. The average Bonchev–Trinajstić information content (AvgIpc) is 2.89. The highest BCUT2D eigenvalue weighted by Crippen LogP contribution is 2.37. The van der Waals surface area contributed by atoms with Crippen LogP contribution in [0.3, 0.4) is 0 Å². The molecule has 0 aliphatic carbocycles. The Morgan fingerprint density at radius 2 is 2.00 bits per heavy atom. The van der Waals surface area contributed by atoms with E-state index in [9.17, 15) is 13.2 Å². The zero-order valence-electron chi connectivity index (χ0n) is 14.0. The average molecular weight is 393 g/mol. The number of imidazole rings is 1. The highest BCUT2D eigenvalue weighted by atomic mass is 35.5. The lowest BCUT2D eigenvalue weighted by molar-refractivity contribution is -0.274. The van der Waals surface area contributed by atoms with Crippen LogP contribution in [0.4, 0.5) is 13.2 Å². The van der Waals surface area contributed by atoms with E-state index >= 15 is 0 Å². The maximum Gasteiger partial charge on any atom is 0.573 e. The van der Waals surface area contributed by atoms with Crippen LogP contribution >= 0.6 is 11.6 Å². The van der Waals surface area contributed by atoms with Crippen molar-refractivity contribution in [3.8, 4) is 11.4 Å². The van der Waals surface area contributed by atoms with Crippen LogP contribution < -0.4 is 4.74 Å². The molecule has 0 radical (unpaired) electrons. The monoisotopic (exact) mass is 392 g/mol. The highest BCUT2D eigenvalue weighted by molar-refractivity contribution is 6.33. The normalized spacial score (nSPS) is 13.4. The van der Waals surface area contributed by atoms with E-state index in [1.807, 2.05) is 13.0 Å². The first-order chi connectivity index (χ1) is 12.8. The van der Waals surface area contributed by atoms with E-state index in [1.54, 1.807) is 29.1 Å². The fourth-order valence-corrected chi connectivity index (χ4v) is 3.21. The van der Waals surface area contributed by atoms with Crippen LogP contribution in [0.2, 0.25) is 5.02 Å². The minimum absolute atomic E-state index is 0.170. The van der Waals surface area contributed by atoms with Crippen LogP contribution in [0.15, 0.2) is 47.7 Å². The van der Waals surface area contributed by atoms with E-state index in [0.717, 1.165) is 5.69 Å². The van der Waals surface area contributed by atoms with Crippen molar-refractivity contribution in [3.05, 3.63) is 70.5 Å². The standard InChI is InChI=1S/C18H12ClF3N4O/c1-10-8-24-16-9-25-17(13-4-2-3-5-23-13)11-6-12(19)15(27-18(20,21)22)7-14(11)26(10)16/h2-8H,9H2,1H3. The number of nitrogens with zero attached hydrogens (tertiary/aromatic N) is 4. The van der Waals surface area contributed by atoms with Gasteiger partial charge in [-0.25, -0.2) is 4.98 Å². The topological polar surface area (TPSA) is 52.3 Å². The van der Waals surface area contributed by atoms with Gasteiger partial charge in [0.25, 0.3) is 0 Å². The third-order valence-corrected chi connectivity index (χ3v) is 4.36. The first-order valence-corrected chi connectivity index (χ1v) is 8.30. The Morgan fingerprint density at radius 1 is 1.19 bits per heavy atom. The van der Waals surface area contributed by atoms with E-state index in [-0.39, 0.29) is 11.6 Å². The number of ether oxygens (including phenoxy) is 1. The summed E-state index contributed by atoms with van der Waals surface area (Å²) in [5.74, 6) is 0.115. The van der Waals surface area contributed by atoms with E-state index in [2.05, 4.69) is 19.7 Å². The molecule has 0 saturated heterocycles. The summed E-state index contributed by atoms with van der Waals surface area (Å²) >= 11 is 6.09. The minimum Gasteiger partial charge on any atom is -0.404 e. The second-order valence-electron chi connectivity index (χ2n) is 5.88. The number of benzene rings is 1. The predicted molar refractivity (Wildman–Crippen MR) is 93.6 cm³/mol. The van der Waals surface area contributed by atoms with Crippen molar-refractivity contribution >= 4 is 17.3 Å². The maximum absolute atomic E-state index is 12.8. The summed E-state index contributed by atoms with van der Waals surface area (Å²) in [5, 5.41) is -0.170. The fraction of sp³-hybridized carbons (Fsp3) is 0.167. The molecular formula is C18H12ClF3N4O. The number of aryl methyl sites for hydroxylation is 1. The molecule has 0 amide bonds. The summed E-state index contributed by atoms with van der Waals surface area (Å²) in [6.07, 6.45) is -1.60. The number of alkyl halides is 3. The zero-order valence-corrected chi connectivity index (χ0v) is 14.7. The SMILES string of the molecule is Cc1cnc2n1-c1cc(OC(F)(F)F)c(Cl)cc1C(c1ccccn1)=NC2. The molecule has 5 nitrogen and oxygen atoms in total. The molecule has 0 unspecified atom stereocenters. The van der Waals surface area contributed by atoms with Crippen LogP contribution in [-0.2, 0) is 6.54 Å². The van der Waals surface area contributed by atoms with Crippen LogP contribution in [0, 0.1) is 6.92 Å². The van der Waals surface area contributed by atoms with Gasteiger partial charge in [0.2, 0.25) is 0 Å². The molecule has 27 heavy (non-hydrogen) atoms. The first kappa shape index (κ1) is 17.5. The van der Waals surface area contributed by atoms with Crippen LogP contribution in [0.1, 0.15) is 22.8 Å². The van der Waals surface area contributed by atoms with Gasteiger partial charge in [0, 0.05) is 29.7 Å². The predicted octanol–water partition coefficient (Wildman–Crippen LogP) is 4.48. The molecule has 0 atom stereocenters. The summed E-state index contributed by atoms with van der Waals surface area (Å²) in [7, 11) is 0. The van der Waals surface area contributed by atoms with Crippen LogP contribution in [0.5, 0.6) is 5.75 Å². The van der Waals surface area contributed by atoms with Crippen molar-refractivity contribution in [3.63, 3.8) is 0 Å². The van der Waals surface area contributed by atoms with Gasteiger partial charge in [-0.2, -0.15) is 0 Å². The molecule has 3 aromatic rings. The van der Waals surface area contributed by atoms with Crippen LogP contribution in [-0.4, -0.2) is 26.6 Å². The molecule has 138 valence electrons. The molecule has 0 saturated carbocycles. The molecule has 1 aliphatic rings. The van der Waals surface area contributed by atoms with E-state index in [1.165, 1.54) is 12.1 Å². The van der Waals surface area contributed by atoms with Gasteiger partial charge in [0.05, 0.1) is 28.7 Å². The Balaban J connectivity index is 1.97. The number of hydrogen-bond acceptors (Lipinski definition) is 4. The Bertz CT molecular complexity index is 1040. The van der Waals surface area contributed by atoms with Gasteiger partial charge in [-0.1, -0.05) is 17.7 Å². The molecule has 0 bridgehead atoms. The van der Waals surface area contributed by atoms with E-state index in [0.29, 0.717) is 28.5 Å². The summed E-state index contributed by atoms with van der Waals surface area (Å²) in [6, 6.07) is 8.02. The summed E-state index contributed by atoms with van der Waals surface area (Å²) in [6.45, 7) is 2.06. The lowest BCUT2D eigenvalue weighted by atomic mass is 10.0. The van der Waals surface area contributed by atoms with Gasteiger partial charge in [0.15, 0.2) is 0 Å². The lowest BCUT2D eigenvalue weighted by Gasteiger charge is -2.17. The molecule has 0 fully saturated rings. The van der Waals surface area contributed by atoms with E-state index in [4.69, 9.17) is 11.6 Å². The largest absolute Gasteiger partial charge is 0.573 e. The third kappa shape index (κ3) is 3.28. The van der Waals surface area contributed by atoms with Crippen molar-refractivity contribution in [2.24, 2.45) is 4.99 Å². The van der Waals surface area contributed by atoms with Gasteiger partial charge in [-0.3, -0.25) is 14.5 Å². The Kier molecular flexibility index (Phi) is 4.15. The highest BCUT2D eigenvalue weighted by Gasteiger charge is 2.33. The Morgan fingerprint density at radius 3 is 2.70 bits per heavy atom. The maximum atomic E-state index is 12.8. The van der Waals surface area contributed by atoms with Crippen LogP contribution in [0.25, 0.3) is 5.69 Å². The fourth-order valence-electron chi connectivity index (χ4n) is 3.00. The lowest BCUT2D eigenvalue weighted by Crippen LogP contribution is -2.18. The molecule has 0 N–H and O–H groups in total. The molecule has 3 heterocycles. The number of hydrogen-bond donors (Lipinski definition) is 0. The summed E-state index contributed by atoms with van der Waals surface area (Å²) < 4.78 is 44.1. The molecule has 9 heteroatoms. The molecular weight excluding hydrogens is 381 g/mol. The number of aromatic nitrogens is 3. The first-order valence-electron chi connectivity index (χ1n) is 7.92. The smallest absolute Gasteiger partial charge is 0.404 e. The second kappa shape index (κ2) is 6.38. The molecule has 2 aromatic heterocycles. The summed E-state index contributed by atoms with van der Waals surface area (Å²) in [4.78, 5) is 13.2. The van der Waals surface area contributed by atoms with Gasteiger partial charge in [-0.15, -0.1) is 13.2 Å². The van der Waals surface area contributed by atoms with Crippen molar-refractivity contribution in [2.45, 2.75) is 19.8 Å². The molecule has 1 aromatic carbocycles. The van der Waals surface area contributed by atoms with Gasteiger partial charge in [0.1, 0.15) is 11.6 Å². The van der Waals surface area contributed by atoms with Crippen molar-refractivity contribution in [2.75, 3.05) is 0 Å². The van der Waals surface area contributed by atoms with Gasteiger partial charge in [-0.05, 0) is 25.1 Å². The van der Waals surface area contributed by atoms with E-state index < -0.39 is 12.1 Å². The van der Waals surface area contributed by atoms with Crippen molar-refractivity contribution in [1.82, 2.24) is 14.5 Å². The second-order valence-corrected chi connectivity index (χ2v) is 6.29. The van der Waals surface area contributed by atoms with Gasteiger partial charge < -0.3 is 4.74 Å². The minimum atomic E-state index is -4.85. The molecule has 4 rings (SSSR count). The zero-order chi connectivity index (χ0) is 19.2. The number of pyridine rings is 1. The van der Waals surface area contributed by atoms with Crippen molar-refractivity contribution < 1.29 is 17.9 Å². The molecule has 1 aliphatic heterocycles. The third-order valence-electron chi connectivity index (χ3n) is 4.07. The number of rotatable bonds is 2. The molecule has 0 spiro atoms. The number of halogens is 4.